The van der Waals surface area contributed by atoms with Crippen LogP contribution in [0.4, 0.5) is 13.2 Å². The standard InChI is InChI=1S/C14H18F3NO3/c1-20-13(19)5-3-2-4-12(18)10-6-8-11(9-7-10)21-14(15,16)17/h6-9,12H,2-5,18H2,1H3. The molecule has 118 valence electrons. The van der Waals surface area contributed by atoms with Crippen LogP contribution in [0.15, 0.2) is 24.3 Å². The molecular weight excluding hydrogens is 287 g/mol. The predicted octanol–water partition coefficient (Wildman–Crippen LogP) is 3.32. The monoisotopic (exact) mass is 305 g/mol. The Balaban J connectivity index is 2.41. The third kappa shape index (κ3) is 6.99. The molecule has 21 heavy (non-hydrogen) atoms. The highest BCUT2D eigenvalue weighted by atomic mass is 19.4. The fourth-order valence-electron chi connectivity index (χ4n) is 1.82. The summed E-state index contributed by atoms with van der Waals surface area (Å²) in [5, 5.41) is 0. The zero-order valence-electron chi connectivity index (χ0n) is 11.7. The molecule has 0 aliphatic rings. The lowest BCUT2D eigenvalue weighted by Crippen LogP contribution is -2.17. The Kier molecular flexibility index (Phi) is 6.48. The average Bonchev–Trinajstić information content (AvgIpc) is 2.42. The summed E-state index contributed by atoms with van der Waals surface area (Å²) in [6.45, 7) is 0. The van der Waals surface area contributed by atoms with E-state index in [4.69, 9.17) is 5.73 Å². The molecule has 1 aromatic carbocycles. The summed E-state index contributed by atoms with van der Waals surface area (Å²) in [6.07, 6.45) is -2.33. The second kappa shape index (κ2) is 7.87. The van der Waals surface area contributed by atoms with Gasteiger partial charge in [0.2, 0.25) is 0 Å². The highest BCUT2D eigenvalue weighted by Gasteiger charge is 2.30. The third-order valence-corrected chi connectivity index (χ3v) is 2.92. The van der Waals surface area contributed by atoms with Crippen LogP contribution in [0.3, 0.4) is 0 Å². The Morgan fingerprint density at radius 3 is 2.38 bits per heavy atom. The molecule has 2 N–H and O–H groups in total. The molecule has 4 nitrogen and oxygen atoms in total. The highest BCUT2D eigenvalue weighted by Crippen LogP contribution is 2.25. The summed E-state index contributed by atoms with van der Waals surface area (Å²) in [6, 6.07) is 5.19. The molecule has 1 unspecified atom stereocenters. The van der Waals surface area contributed by atoms with Crippen molar-refractivity contribution in [3.63, 3.8) is 0 Å². The number of rotatable bonds is 7. The fourth-order valence-corrected chi connectivity index (χ4v) is 1.82. The molecule has 0 saturated carbocycles. The molecule has 0 aliphatic heterocycles. The van der Waals surface area contributed by atoms with Gasteiger partial charge in [-0.15, -0.1) is 13.2 Å². The zero-order valence-corrected chi connectivity index (χ0v) is 11.7. The van der Waals surface area contributed by atoms with Crippen molar-refractivity contribution >= 4 is 5.97 Å². The summed E-state index contributed by atoms with van der Waals surface area (Å²) in [5.74, 6) is -0.540. The number of carbonyl (C=O) groups is 1. The van der Waals surface area contributed by atoms with E-state index in [9.17, 15) is 18.0 Å². The average molecular weight is 305 g/mol. The Bertz CT molecular complexity index is 446. The number of hydrogen-bond acceptors (Lipinski definition) is 4. The molecule has 0 aliphatic carbocycles. The van der Waals surface area contributed by atoms with E-state index in [0.717, 1.165) is 12.0 Å². The van der Waals surface area contributed by atoms with Crippen molar-refractivity contribution in [1.82, 2.24) is 0 Å². The van der Waals surface area contributed by atoms with E-state index < -0.39 is 6.36 Å². The van der Waals surface area contributed by atoms with Gasteiger partial charge in [-0.05, 0) is 30.5 Å². The molecule has 0 spiro atoms. The second-order valence-corrected chi connectivity index (χ2v) is 4.55. The Hall–Kier alpha value is -1.76. The lowest BCUT2D eigenvalue weighted by Gasteiger charge is -2.13. The van der Waals surface area contributed by atoms with E-state index in [1.165, 1.54) is 31.4 Å². The summed E-state index contributed by atoms with van der Waals surface area (Å²) in [7, 11) is 1.33. The number of halogens is 3. The van der Waals surface area contributed by atoms with Gasteiger partial charge in [-0.25, -0.2) is 0 Å². The first kappa shape index (κ1) is 17.3. The molecule has 0 bridgehead atoms. The van der Waals surface area contributed by atoms with E-state index in [0.29, 0.717) is 19.3 Å². The van der Waals surface area contributed by atoms with Crippen LogP contribution in [0, 0.1) is 0 Å². The minimum absolute atomic E-state index is 0.266. The molecule has 0 radical (unpaired) electrons. The Labute approximate surface area is 121 Å². The number of carbonyl (C=O) groups excluding carboxylic acids is 1. The fraction of sp³-hybridized carbons (Fsp3) is 0.500. The number of nitrogens with two attached hydrogens (primary N) is 1. The molecule has 1 atom stereocenters. The second-order valence-electron chi connectivity index (χ2n) is 4.55. The van der Waals surface area contributed by atoms with Crippen molar-refractivity contribution in [2.45, 2.75) is 38.1 Å². The highest BCUT2D eigenvalue weighted by molar-refractivity contribution is 5.68. The first-order valence-corrected chi connectivity index (χ1v) is 6.50. The van der Waals surface area contributed by atoms with Crippen LogP contribution in [0.5, 0.6) is 5.75 Å². The molecule has 0 saturated heterocycles. The van der Waals surface area contributed by atoms with Crippen molar-refractivity contribution in [3.05, 3.63) is 29.8 Å². The molecule has 1 rings (SSSR count). The van der Waals surface area contributed by atoms with Gasteiger partial charge < -0.3 is 15.2 Å². The van der Waals surface area contributed by atoms with Crippen molar-refractivity contribution in [2.75, 3.05) is 7.11 Å². The number of esters is 1. The van der Waals surface area contributed by atoms with Crippen molar-refractivity contribution in [2.24, 2.45) is 5.73 Å². The van der Waals surface area contributed by atoms with E-state index in [2.05, 4.69) is 9.47 Å². The van der Waals surface area contributed by atoms with Crippen LogP contribution in [0.1, 0.15) is 37.3 Å². The number of hydrogen-bond donors (Lipinski definition) is 1. The first-order chi connectivity index (χ1) is 9.81. The van der Waals surface area contributed by atoms with Crippen LogP contribution in [0.2, 0.25) is 0 Å². The Morgan fingerprint density at radius 1 is 1.24 bits per heavy atom. The van der Waals surface area contributed by atoms with E-state index in [1.54, 1.807) is 0 Å². The molecule has 0 aromatic heterocycles. The van der Waals surface area contributed by atoms with Gasteiger partial charge in [0.1, 0.15) is 5.75 Å². The first-order valence-electron chi connectivity index (χ1n) is 6.50. The maximum Gasteiger partial charge on any atom is 0.573 e. The molecule has 0 fully saturated rings. The van der Waals surface area contributed by atoms with E-state index in [1.807, 2.05) is 0 Å². The zero-order chi connectivity index (χ0) is 15.9. The van der Waals surface area contributed by atoms with Crippen LogP contribution >= 0.6 is 0 Å². The summed E-state index contributed by atoms with van der Waals surface area (Å²) < 4.78 is 44.3. The van der Waals surface area contributed by atoms with Crippen molar-refractivity contribution < 1.29 is 27.4 Å². The number of methoxy groups -OCH3 is 1. The van der Waals surface area contributed by atoms with Crippen molar-refractivity contribution in [1.29, 1.82) is 0 Å². The van der Waals surface area contributed by atoms with Crippen molar-refractivity contribution in [3.8, 4) is 5.75 Å². The smallest absolute Gasteiger partial charge is 0.469 e. The predicted molar refractivity (Wildman–Crippen MR) is 70.5 cm³/mol. The van der Waals surface area contributed by atoms with Crippen LogP contribution in [-0.4, -0.2) is 19.4 Å². The Morgan fingerprint density at radius 2 is 1.86 bits per heavy atom. The molecule has 0 amide bonds. The van der Waals surface area contributed by atoms with Crippen LogP contribution in [-0.2, 0) is 9.53 Å². The lowest BCUT2D eigenvalue weighted by molar-refractivity contribution is -0.274. The maximum atomic E-state index is 12.0. The van der Waals surface area contributed by atoms with Gasteiger partial charge in [0, 0.05) is 12.5 Å². The van der Waals surface area contributed by atoms with Gasteiger partial charge in [0.25, 0.3) is 0 Å². The van der Waals surface area contributed by atoms with Gasteiger partial charge >= 0.3 is 12.3 Å². The van der Waals surface area contributed by atoms with Gasteiger partial charge in [0.15, 0.2) is 0 Å². The molecule has 0 heterocycles. The largest absolute Gasteiger partial charge is 0.573 e. The van der Waals surface area contributed by atoms with Gasteiger partial charge in [-0.2, -0.15) is 0 Å². The molecule has 1 aromatic rings. The van der Waals surface area contributed by atoms with Gasteiger partial charge in [-0.1, -0.05) is 18.6 Å². The SMILES string of the molecule is COC(=O)CCCCC(N)c1ccc(OC(F)(F)F)cc1. The summed E-state index contributed by atoms with van der Waals surface area (Å²) >= 11 is 0. The quantitative estimate of drug-likeness (QED) is 0.620. The third-order valence-electron chi connectivity index (χ3n) is 2.92. The number of alkyl halides is 3. The number of unbranched alkanes of at least 4 members (excludes halogenated alkanes) is 1. The van der Waals surface area contributed by atoms with E-state index in [-0.39, 0.29) is 17.8 Å². The normalized spacial score (nSPS) is 12.8. The minimum atomic E-state index is -4.70. The van der Waals surface area contributed by atoms with E-state index >= 15 is 0 Å². The molecular formula is C14H18F3NO3. The summed E-state index contributed by atoms with van der Waals surface area (Å²) in [4.78, 5) is 10.9. The van der Waals surface area contributed by atoms with Crippen LogP contribution in [0.25, 0.3) is 0 Å². The maximum absolute atomic E-state index is 12.0. The van der Waals surface area contributed by atoms with Crippen LogP contribution < -0.4 is 10.5 Å². The van der Waals surface area contributed by atoms with Gasteiger partial charge in [-0.3, -0.25) is 4.79 Å². The lowest BCUT2D eigenvalue weighted by atomic mass is 10.0. The minimum Gasteiger partial charge on any atom is -0.469 e. The number of benzene rings is 1. The summed E-state index contributed by atoms with van der Waals surface area (Å²) in [5.41, 5.74) is 6.67. The topological polar surface area (TPSA) is 61.5 Å². The number of ether oxygens (including phenoxy) is 2. The molecule has 7 heteroatoms. The van der Waals surface area contributed by atoms with Gasteiger partial charge in [0.05, 0.1) is 7.11 Å².